The number of benzene rings is 1. The van der Waals surface area contributed by atoms with Crippen LogP contribution in [0.1, 0.15) is 15.9 Å². The van der Waals surface area contributed by atoms with Crippen LogP contribution in [-0.4, -0.2) is 37.6 Å². The molecule has 0 fully saturated rings. The molecule has 0 aliphatic carbocycles. The number of hydrogen-bond donors (Lipinski definition) is 1. The maximum absolute atomic E-state index is 12.5. The molecule has 0 heterocycles. The molecule has 0 saturated carbocycles. The van der Waals surface area contributed by atoms with E-state index in [0.717, 1.165) is 10.0 Å². The molecule has 1 aromatic carbocycles. The van der Waals surface area contributed by atoms with Crippen molar-refractivity contribution in [2.45, 2.75) is 6.92 Å². The molecule has 0 saturated heterocycles. The number of nitrogens with zero attached hydrogens (tertiary/aromatic N) is 1. The Kier molecular flexibility index (Phi) is 6.05. The van der Waals surface area contributed by atoms with Crippen LogP contribution in [0.4, 0.5) is 5.69 Å². The number of ether oxygens (including phenoxy) is 1. The summed E-state index contributed by atoms with van der Waals surface area (Å²) in [5.74, 6) is -0.0672. The lowest BCUT2D eigenvalue weighted by Gasteiger charge is -2.22. The van der Waals surface area contributed by atoms with Crippen LogP contribution in [0.2, 0.25) is 0 Å². The lowest BCUT2D eigenvalue weighted by molar-refractivity contribution is 0.0717. The van der Waals surface area contributed by atoms with Crippen LogP contribution >= 0.6 is 15.9 Å². The van der Waals surface area contributed by atoms with Crippen molar-refractivity contribution < 1.29 is 9.53 Å². The van der Waals surface area contributed by atoms with Gasteiger partial charge in [0.1, 0.15) is 0 Å². The van der Waals surface area contributed by atoms with Gasteiger partial charge in [-0.05, 0) is 24.6 Å². The first-order valence-corrected chi connectivity index (χ1v) is 6.75. The fourth-order valence-electron chi connectivity index (χ4n) is 1.73. The van der Waals surface area contributed by atoms with Crippen molar-refractivity contribution in [3.63, 3.8) is 0 Å². The van der Waals surface area contributed by atoms with Gasteiger partial charge in [0.15, 0.2) is 0 Å². The van der Waals surface area contributed by atoms with E-state index in [1.165, 1.54) is 0 Å². The Bertz CT molecular complexity index is 475. The summed E-state index contributed by atoms with van der Waals surface area (Å²) in [5.41, 5.74) is 7.88. The molecule has 0 spiro atoms. The van der Waals surface area contributed by atoms with Crippen molar-refractivity contribution in [1.82, 2.24) is 4.90 Å². The van der Waals surface area contributed by atoms with E-state index in [0.29, 0.717) is 30.9 Å². The molecule has 0 aliphatic heterocycles. The van der Waals surface area contributed by atoms with E-state index in [-0.39, 0.29) is 5.91 Å². The SMILES string of the molecule is C=CCN(CCOC)C(=O)c1cc(Br)cc(N)c1C. The predicted molar refractivity (Wildman–Crippen MR) is 81.3 cm³/mol. The number of nitrogens with two attached hydrogens (primary N) is 1. The molecular weight excluding hydrogens is 308 g/mol. The molecule has 1 aromatic rings. The summed E-state index contributed by atoms with van der Waals surface area (Å²) in [4.78, 5) is 14.2. The number of rotatable bonds is 6. The molecule has 1 rings (SSSR count). The number of nitrogen functional groups attached to an aromatic ring is 1. The maximum Gasteiger partial charge on any atom is 0.254 e. The van der Waals surface area contributed by atoms with Crippen molar-refractivity contribution in [3.8, 4) is 0 Å². The zero-order valence-electron chi connectivity index (χ0n) is 11.3. The number of carbonyl (C=O) groups is 1. The summed E-state index contributed by atoms with van der Waals surface area (Å²) in [5, 5.41) is 0. The Morgan fingerprint density at radius 1 is 1.58 bits per heavy atom. The first-order chi connectivity index (χ1) is 9.01. The van der Waals surface area contributed by atoms with E-state index in [9.17, 15) is 4.79 Å². The van der Waals surface area contributed by atoms with Crippen molar-refractivity contribution in [1.29, 1.82) is 0 Å². The van der Waals surface area contributed by atoms with Gasteiger partial charge in [-0.25, -0.2) is 0 Å². The molecular formula is C14H19BrN2O2. The van der Waals surface area contributed by atoms with E-state index >= 15 is 0 Å². The van der Waals surface area contributed by atoms with Crippen LogP contribution in [0, 0.1) is 6.92 Å². The highest BCUT2D eigenvalue weighted by atomic mass is 79.9. The number of hydrogen-bond acceptors (Lipinski definition) is 3. The summed E-state index contributed by atoms with van der Waals surface area (Å²) in [7, 11) is 1.61. The highest BCUT2D eigenvalue weighted by Crippen LogP contribution is 2.23. The number of carbonyl (C=O) groups excluding carboxylic acids is 1. The summed E-state index contributed by atoms with van der Waals surface area (Å²) >= 11 is 3.36. The van der Waals surface area contributed by atoms with Crippen molar-refractivity contribution >= 4 is 27.5 Å². The molecule has 0 atom stereocenters. The van der Waals surface area contributed by atoms with Crippen LogP contribution < -0.4 is 5.73 Å². The zero-order chi connectivity index (χ0) is 14.4. The molecule has 0 aromatic heterocycles. The molecule has 104 valence electrons. The van der Waals surface area contributed by atoms with E-state index in [1.807, 2.05) is 6.92 Å². The Labute approximate surface area is 122 Å². The summed E-state index contributed by atoms with van der Waals surface area (Å²) in [6.45, 7) is 7.01. The lowest BCUT2D eigenvalue weighted by Crippen LogP contribution is -2.34. The van der Waals surface area contributed by atoms with Crippen molar-refractivity contribution in [2.75, 3.05) is 32.5 Å². The van der Waals surface area contributed by atoms with E-state index in [2.05, 4.69) is 22.5 Å². The van der Waals surface area contributed by atoms with Crippen LogP contribution in [0.5, 0.6) is 0 Å². The first kappa shape index (κ1) is 15.7. The molecule has 0 bridgehead atoms. The molecule has 4 nitrogen and oxygen atoms in total. The number of anilines is 1. The van der Waals surface area contributed by atoms with Crippen LogP contribution in [0.25, 0.3) is 0 Å². The van der Waals surface area contributed by atoms with Crippen molar-refractivity contribution in [3.05, 3.63) is 40.4 Å². The highest BCUT2D eigenvalue weighted by molar-refractivity contribution is 9.10. The lowest BCUT2D eigenvalue weighted by atomic mass is 10.1. The first-order valence-electron chi connectivity index (χ1n) is 5.96. The van der Waals surface area contributed by atoms with Gasteiger partial charge >= 0.3 is 0 Å². The van der Waals surface area contributed by atoms with Crippen molar-refractivity contribution in [2.24, 2.45) is 0 Å². The summed E-state index contributed by atoms with van der Waals surface area (Å²) in [6.07, 6.45) is 1.70. The van der Waals surface area contributed by atoms with Crippen LogP contribution in [0.15, 0.2) is 29.3 Å². The second-order valence-electron chi connectivity index (χ2n) is 4.20. The topological polar surface area (TPSA) is 55.6 Å². The Morgan fingerprint density at radius 3 is 2.84 bits per heavy atom. The second-order valence-corrected chi connectivity index (χ2v) is 5.12. The Hall–Kier alpha value is -1.33. The normalized spacial score (nSPS) is 10.3. The molecule has 19 heavy (non-hydrogen) atoms. The van der Waals surface area contributed by atoms with Gasteiger partial charge in [-0.3, -0.25) is 4.79 Å². The van der Waals surface area contributed by atoms with E-state index in [1.54, 1.807) is 30.2 Å². The third kappa shape index (κ3) is 4.08. The second kappa shape index (κ2) is 7.31. The largest absolute Gasteiger partial charge is 0.398 e. The van der Waals surface area contributed by atoms with Gasteiger partial charge in [-0.15, -0.1) is 6.58 Å². The molecule has 0 aliphatic rings. The monoisotopic (exact) mass is 326 g/mol. The Morgan fingerprint density at radius 2 is 2.26 bits per heavy atom. The quantitative estimate of drug-likeness (QED) is 0.645. The number of methoxy groups -OCH3 is 1. The van der Waals surface area contributed by atoms with Gasteiger partial charge in [0.25, 0.3) is 5.91 Å². The van der Waals surface area contributed by atoms with Crippen LogP contribution in [0.3, 0.4) is 0 Å². The number of amides is 1. The molecule has 5 heteroatoms. The minimum absolute atomic E-state index is 0.0672. The van der Waals surface area contributed by atoms with Gasteiger partial charge in [-0.1, -0.05) is 22.0 Å². The number of halogens is 1. The van der Waals surface area contributed by atoms with Gasteiger partial charge in [-0.2, -0.15) is 0 Å². The summed E-state index contributed by atoms with van der Waals surface area (Å²) < 4.78 is 5.82. The third-order valence-electron chi connectivity index (χ3n) is 2.85. The third-order valence-corrected chi connectivity index (χ3v) is 3.30. The zero-order valence-corrected chi connectivity index (χ0v) is 12.9. The smallest absolute Gasteiger partial charge is 0.254 e. The highest BCUT2D eigenvalue weighted by Gasteiger charge is 2.18. The maximum atomic E-state index is 12.5. The molecule has 0 unspecified atom stereocenters. The summed E-state index contributed by atoms with van der Waals surface area (Å²) in [6, 6.07) is 3.58. The molecule has 1 amide bonds. The van der Waals surface area contributed by atoms with Gasteiger partial charge in [0.05, 0.1) is 6.61 Å². The fraction of sp³-hybridized carbons (Fsp3) is 0.357. The van der Waals surface area contributed by atoms with E-state index < -0.39 is 0 Å². The minimum atomic E-state index is -0.0672. The van der Waals surface area contributed by atoms with E-state index in [4.69, 9.17) is 10.5 Å². The van der Waals surface area contributed by atoms with Crippen LogP contribution in [-0.2, 0) is 4.74 Å². The van der Waals surface area contributed by atoms with Gasteiger partial charge in [0, 0.05) is 35.9 Å². The van der Waals surface area contributed by atoms with Gasteiger partial charge < -0.3 is 15.4 Å². The fourth-order valence-corrected chi connectivity index (χ4v) is 2.20. The van der Waals surface area contributed by atoms with Gasteiger partial charge in [0.2, 0.25) is 0 Å². The molecule has 2 N–H and O–H groups in total. The minimum Gasteiger partial charge on any atom is -0.398 e. The average molecular weight is 327 g/mol. The standard InChI is InChI=1S/C14H19BrN2O2/c1-4-5-17(6-7-19-3)14(18)12-8-11(15)9-13(16)10(12)2/h4,8-9H,1,5-7,16H2,2-3H3. The molecule has 0 radical (unpaired) electrons. The predicted octanol–water partition coefficient (Wildman–Crippen LogP) is 2.61. The Balaban J connectivity index is 3.05. The average Bonchev–Trinajstić information content (AvgIpc) is 2.38.